The minimum atomic E-state index is -0.109. The van der Waals surface area contributed by atoms with E-state index in [-0.39, 0.29) is 11.9 Å². The lowest BCUT2D eigenvalue weighted by Crippen LogP contribution is -2.39. The first-order valence-corrected chi connectivity index (χ1v) is 5.27. The molecule has 4 nitrogen and oxygen atoms in total. The lowest BCUT2D eigenvalue weighted by atomic mass is 9.94. The van der Waals surface area contributed by atoms with Crippen LogP contribution in [0.5, 0.6) is 0 Å². The van der Waals surface area contributed by atoms with Crippen molar-refractivity contribution in [2.45, 2.75) is 38.1 Å². The van der Waals surface area contributed by atoms with Crippen molar-refractivity contribution >= 4 is 11.9 Å². The number of nitrogens with zero attached hydrogens (tertiary/aromatic N) is 2. The third-order valence-corrected chi connectivity index (χ3v) is 3.23. The van der Waals surface area contributed by atoms with Crippen LogP contribution < -0.4 is 0 Å². The fourth-order valence-electron chi connectivity index (χ4n) is 2.30. The zero-order valence-electron chi connectivity index (χ0n) is 8.53. The molecule has 2 rings (SSSR count). The molecule has 1 aliphatic heterocycles. The Morgan fingerprint density at radius 2 is 1.79 bits per heavy atom. The molecular formula is C10H16N2O2. The molecule has 1 saturated carbocycles. The summed E-state index contributed by atoms with van der Waals surface area (Å²) in [7, 11) is 1.56. The number of rotatable bonds is 1. The third-order valence-electron chi connectivity index (χ3n) is 3.23. The molecule has 0 aromatic rings. The first kappa shape index (κ1) is 9.49. The Morgan fingerprint density at radius 3 is 2.29 bits per heavy atom. The molecule has 0 radical (unpaired) electrons. The zero-order valence-corrected chi connectivity index (χ0v) is 8.53. The van der Waals surface area contributed by atoms with Crippen LogP contribution in [-0.4, -0.2) is 41.4 Å². The van der Waals surface area contributed by atoms with Gasteiger partial charge in [-0.1, -0.05) is 19.3 Å². The average molecular weight is 196 g/mol. The van der Waals surface area contributed by atoms with Gasteiger partial charge in [-0.2, -0.15) is 0 Å². The molecule has 14 heavy (non-hydrogen) atoms. The Hall–Kier alpha value is -1.06. The first-order chi connectivity index (χ1) is 6.70. The maximum absolute atomic E-state index is 11.6. The van der Waals surface area contributed by atoms with Gasteiger partial charge < -0.3 is 4.90 Å². The topological polar surface area (TPSA) is 40.6 Å². The summed E-state index contributed by atoms with van der Waals surface area (Å²) in [6.45, 7) is 0.292. The molecule has 0 unspecified atom stereocenters. The molecule has 4 heteroatoms. The molecule has 0 atom stereocenters. The molecule has 0 aromatic heterocycles. The summed E-state index contributed by atoms with van der Waals surface area (Å²) in [5, 5.41) is 0. The first-order valence-electron chi connectivity index (χ1n) is 5.27. The van der Waals surface area contributed by atoms with Crippen molar-refractivity contribution in [3.8, 4) is 0 Å². The second kappa shape index (κ2) is 3.59. The summed E-state index contributed by atoms with van der Waals surface area (Å²) in [6, 6.07) is 0.201. The largest absolute Gasteiger partial charge is 0.327 e. The minimum Gasteiger partial charge on any atom is -0.312 e. The molecule has 1 saturated heterocycles. The monoisotopic (exact) mass is 196 g/mol. The maximum Gasteiger partial charge on any atom is 0.327 e. The van der Waals surface area contributed by atoms with E-state index in [2.05, 4.69) is 0 Å². The van der Waals surface area contributed by atoms with Crippen molar-refractivity contribution in [3.63, 3.8) is 0 Å². The van der Waals surface area contributed by atoms with Gasteiger partial charge >= 0.3 is 6.03 Å². The molecule has 3 amide bonds. The molecule has 1 heterocycles. The molecule has 0 N–H and O–H groups in total. The van der Waals surface area contributed by atoms with Gasteiger partial charge in [-0.25, -0.2) is 4.79 Å². The summed E-state index contributed by atoms with van der Waals surface area (Å²) in [6.07, 6.45) is 5.76. The minimum absolute atomic E-state index is 0.0689. The Morgan fingerprint density at radius 1 is 1.14 bits per heavy atom. The number of likely N-dealkylation sites (N-methyl/N-ethyl adjacent to an activating group) is 1. The normalized spacial score (nSPS) is 24.9. The molecule has 0 aromatic carbocycles. The maximum atomic E-state index is 11.6. The van der Waals surface area contributed by atoms with Crippen molar-refractivity contribution in [2.75, 3.05) is 13.6 Å². The van der Waals surface area contributed by atoms with E-state index in [1.807, 2.05) is 0 Å². The van der Waals surface area contributed by atoms with E-state index < -0.39 is 0 Å². The summed E-state index contributed by atoms with van der Waals surface area (Å²) in [5.41, 5.74) is 0. The van der Waals surface area contributed by atoms with Crippen LogP contribution >= 0.6 is 0 Å². The second-order valence-corrected chi connectivity index (χ2v) is 4.16. The van der Waals surface area contributed by atoms with Crippen LogP contribution in [0, 0.1) is 0 Å². The number of hydrogen-bond donors (Lipinski definition) is 0. The third kappa shape index (κ3) is 1.49. The van der Waals surface area contributed by atoms with E-state index in [4.69, 9.17) is 0 Å². The lowest BCUT2D eigenvalue weighted by molar-refractivity contribution is -0.124. The lowest BCUT2D eigenvalue weighted by Gasteiger charge is -2.29. The Bertz CT molecular complexity index is 259. The number of hydrogen-bond acceptors (Lipinski definition) is 2. The number of urea groups is 1. The highest BCUT2D eigenvalue weighted by molar-refractivity contribution is 6.01. The van der Waals surface area contributed by atoms with E-state index in [9.17, 15) is 9.59 Å². The van der Waals surface area contributed by atoms with Crippen LogP contribution in [0.2, 0.25) is 0 Å². The van der Waals surface area contributed by atoms with Crippen molar-refractivity contribution < 1.29 is 9.59 Å². The Kier molecular flexibility index (Phi) is 2.44. The van der Waals surface area contributed by atoms with E-state index in [1.54, 1.807) is 11.9 Å². The van der Waals surface area contributed by atoms with Crippen LogP contribution in [0.15, 0.2) is 0 Å². The zero-order chi connectivity index (χ0) is 10.1. The number of amides is 3. The predicted octanol–water partition coefficient (Wildman–Crippen LogP) is 1.21. The summed E-state index contributed by atoms with van der Waals surface area (Å²) in [5.74, 6) is -0.0689. The standard InChI is InChI=1S/C10H16N2O2/c1-11-9(13)7-12(10(11)14)8-5-3-2-4-6-8/h8H,2-7H2,1H3. The second-order valence-electron chi connectivity index (χ2n) is 4.16. The quantitative estimate of drug-likeness (QED) is 0.591. The fraction of sp³-hybridized carbons (Fsp3) is 0.800. The van der Waals surface area contributed by atoms with Crippen LogP contribution in [-0.2, 0) is 4.79 Å². The molecule has 2 aliphatic rings. The van der Waals surface area contributed by atoms with Crippen LogP contribution in [0.4, 0.5) is 4.79 Å². The highest BCUT2D eigenvalue weighted by Gasteiger charge is 2.37. The average Bonchev–Trinajstić information content (AvgIpc) is 2.47. The molecule has 78 valence electrons. The van der Waals surface area contributed by atoms with Crippen molar-refractivity contribution in [2.24, 2.45) is 0 Å². The van der Waals surface area contributed by atoms with Crippen LogP contribution in [0.25, 0.3) is 0 Å². The summed E-state index contributed by atoms with van der Waals surface area (Å²) < 4.78 is 0. The molecule has 0 bridgehead atoms. The smallest absolute Gasteiger partial charge is 0.312 e. The number of carbonyl (C=O) groups is 2. The van der Waals surface area contributed by atoms with Gasteiger partial charge in [0, 0.05) is 13.1 Å². The Labute approximate surface area is 83.9 Å². The predicted molar refractivity (Wildman–Crippen MR) is 51.7 cm³/mol. The molecular weight excluding hydrogens is 180 g/mol. The summed E-state index contributed by atoms with van der Waals surface area (Å²) in [4.78, 5) is 25.9. The van der Waals surface area contributed by atoms with Gasteiger partial charge in [-0.15, -0.1) is 0 Å². The molecule has 2 fully saturated rings. The van der Waals surface area contributed by atoms with E-state index in [0.29, 0.717) is 12.6 Å². The van der Waals surface area contributed by atoms with Gasteiger partial charge in [0.2, 0.25) is 5.91 Å². The van der Waals surface area contributed by atoms with Crippen molar-refractivity contribution in [1.82, 2.24) is 9.80 Å². The highest BCUT2D eigenvalue weighted by atomic mass is 16.2. The van der Waals surface area contributed by atoms with Crippen LogP contribution in [0.1, 0.15) is 32.1 Å². The van der Waals surface area contributed by atoms with Gasteiger partial charge in [0.1, 0.15) is 6.54 Å². The SMILES string of the molecule is CN1C(=O)CN(C2CCCCC2)C1=O. The van der Waals surface area contributed by atoms with E-state index >= 15 is 0 Å². The van der Waals surface area contributed by atoms with Crippen molar-refractivity contribution in [1.29, 1.82) is 0 Å². The van der Waals surface area contributed by atoms with Gasteiger partial charge in [0.05, 0.1) is 0 Å². The van der Waals surface area contributed by atoms with Gasteiger partial charge in [-0.05, 0) is 12.8 Å². The van der Waals surface area contributed by atoms with Gasteiger partial charge in [0.25, 0.3) is 0 Å². The summed E-state index contributed by atoms with van der Waals surface area (Å²) >= 11 is 0. The van der Waals surface area contributed by atoms with E-state index in [1.165, 1.54) is 24.2 Å². The Balaban J connectivity index is 2.04. The van der Waals surface area contributed by atoms with Gasteiger partial charge in [0.15, 0.2) is 0 Å². The molecule has 1 aliphatic carbocycles. The highest BCUT2D eigenvalue weighted by Crippen LogP contribution is 2.25. The number of carbonyl (C=O) groups excluding carboxylic acids is 2. The van der Waals surface area contributed by atoms with Crippen molar-refractivity contribution in [3.05, 3.63) is 0 Å². The fourth-order valence-corrected chi connectivity index (χ4v) is 2.30. The molecule has 0 spiro atoms. The van der Waals surface area contributed by atoms with Gasteiger partial charge in [-0.3, -0.25) is 9.69 Å². The number of imide groups is 1. The van der Waals surface area contributed by atoms with Crippen LogP contribution in [0.3, 0.4) is 0 Å². The van der Waals surface area contributed by atoms with E-state index in [0.717, 1.165) is 12.8 Å².